The predicted molar refractivity (Wildman–Crippen MR) is 35.2 cm³/mol. The van der Waals surface area contributed by atoms with E-state index in [2.05, 4.69) is 0 Å². The number of carboxylic acid groups (broad SMARTS) is 1. The number of rotatable bonds is 3. The Labute approximate surface area is 58.3 Å². The maximum atomic E-state index is 10.1. The normalized spacial score (nSPS) is 11.1. The van der Waals surface area contributed by atoms with Gasteiger partial charge < -0.3 is 10.8 Å². The average Bonchev–Trinajstić information content (AvgIpc) is 1.82. The summed E-state index contributed by atoms with van der Waals surface area (Å²) in [5.41, 5.74) is 4.90. The molecule has 0 radical (unpaired) electrons. The standard InChI is InChI=1S/C6H9NO3/c1-4(6(9)10)2-3-5(7)8/h2H,3H2,1H3,(H2,7,8)(H,9,10)/b4-2+. The summed E-state index contributed by atoms with van der Waals surface area (Å²) in [6.07, 6.45) is 1.27. The van der Waals surface area contributed by atoms with Crippen molar-refractivity contribution in [1.82, 2.24) is 0 Å². The molecule has 3 N–H and O–H groups in total. The lowest BCUT2D eigenvalue weighted by Crippen LogP contribution is -2.09. The fourth-order valence-corrected chi connectivity index (χ4v) is 0.341. The second-order valence-electron chi connectivity index (χ2n) is 1.86. The highest BCUT2D eigenvalue weighted by atomic mass is 16.4. The minimum Gasteiger partial charge on any atom is -0.478 e. The molecule has 0 saturated carbocycles. The molecule has 0 aliphatic heterocycles. The number of aliphatic carboxylic acids is 1. The van der Waals surface area contributed by atoms with Crippen LogP contribution in [0.1, 0.15) is 13.3 Å². The van der Waals surface area contributed by atoms with Crippen LogP contribution < -0.4 is 5.73 Å². The van der Waals surface area contributed by atoms with Crippen molar-refractivity contribution in [2.24, 2.45) is 5.73 Å². The molecular weight excluding hydrogens is 134 g/mol. The van der Waals surface area contributed by atoms with Gasteiger partial charge in [-0.25, -0.2) is 4.79 Å². The summed E-state index contributed by atoms with van der Waals surface area (Å²) in [4.78, 5) is 20.2. The zero-order chi connectivity index (χ0) is 8.15. The molecule has 56 valence electrons. The molecule has 0 atom stereocenters. The Morgan fingerprint density at radius 2 is 2.10 bits per heavy atom. The Morgan fingerprint density at radius 1 is 1.60 bits per heavy atom. The van der Waals surface area contributed by atoms with E-state index in [1.165, 1.54) is 13.0 Å². The number of hydrogen-bond acceptors (Lipinski definition) is 2. The average molecular weight is 143 g/mol. The van der Waals surface area contributed by atoms with E-state index in [1.54, 1.807) is 0 Å². The van der Waals surface area contributed by atoms with Crippen molar-refractivity contribution in [2.45, 2.75) is 13.3 Å². The molecule has 0 spiro atoms. The highest BCUT2D eigenvalue weighted by Crippen LogP contribution is 1.93. The third-order valence-corrected chi connectivity index (χ3v) is 0.947. The van der Waals surface area contributed by atoms with Crippen LogP contribution in [0.2, 0.25) is 0 Å². The van der Waals surface area contributed by atoms with E-state index >= 15 is 0 Å². The van der Waals surface area contributed by atoms with Crippen molar-refractivity contribution in [3.63, 3.8) is 0 Å². The molecule has 4 nitrogen and oxygen atoms in total. The van der Waals surface area contributed by atoms with Crippen molar-refractivity contribution in [1.29, 1.82) is 0 Å². The van der Waals surface area contributed by atoms with Gasteiger partial charge in [0.15, 0.2) is 0 Å². The summed E-state index contributed by atoms with van der Waals surface area (Å²) in [5, 5.41) is 8.27. The molecule has 10 heavy (non-hydrogen) atoms. The Balaban J connectivity index is 3.92. The first-order chi connectivity index (χ1) is 4.54. The van der Waals surface area contributed by atoms with Gasteiger partial charge in [0.25, 0.3) is 0 Å². The predicted octanol–water partition coefficient (Wildman–Crippen LogP) is -0.107. The Morgan fingerprint density at radius 3 is 2.40 bits per heavy atom. The summed E-state index contributed by atoms with van der Waals surface area (Å²) in [6, 6.07) is 0. The lowest BCUT2D eigenvalue weighted by Gasteiger charge is -1.89. The van der Waals surface area contributed by atoms with Crippen LogP contribution in [0.25, 0.3) is 0 Å². The second-order valence-corrected chi connectivity index (χ2v) is 1.86. The molecule has 0 aliphatic rings. The molecule has 0 bridgehead atoms. The third-order valence-electron chi connectivity index (χ3n) is 0.947. The van der Waals surface area contributed by atoms with Crippen molar-refractivity contribution in [3.8, 4) is 0 Å². The molecule has 1 amide bonds. The van der Waals surface area contributed by atoms with Gasteiger partial charge in [0.05, 0.1) is 0 Å². The lowest BCUT2D eigenvalue weighted by molar-refractivity contribution is -0.132. The van der Waals surface area contributed by atoms with Gasteiger partial charge >= 0.3 is 5.97 Å². The maximum Gasteiger partial charge on any atom is 0.330 e. The zero-order valence-electron chi connectivity index (χ0n) is 5.63. The smallest absolute Gasteiger partial charge is 0.330 e. The van der Waals surface area contributed by atoms with Gasteiger partial charge in [-0.05, 0) is 6.92 Å². The molecule has 0 fully saturated rings. The van der Waals surface area contributed by atoms with Crippen LogP contribution in [0.3, 0.4) is 0 Å². The summed E-state index contributed by atoms with van der Waals surface area (Å²) in [6.45, 7) is 1.41. The summed E-state index contributed by atoms with van der Waals surface area (Å²) < 4.78 is 0. The molecule has 0 aromatic carbocycles. The van der Waals surface area contributed by atoms with E-state index in [-0.39, 0.29) is 12.0 Å². The van der Waals surface area contributed by atoms with Crippen LogP contribution in [0.5, 0.6) is 0 Å². The number of nitrogens with two attached hydrogens (primary N) is 1. The van der Waals surface area contributed by atoms with Gasteiger partial charge in [0.2, 0.25) is 5.91 Å². The van der Waals surface area contributed by atoms with Gasteiger partial charge in [-0.2, -0.15) is 0 Å². The van der Waals surface area contributed by atoms with Crippen molar-refractivity contribution in [3.05, 3.63) is 11.6 Å². The molecule has 0 saturated heterocycles. The molecule has 0 aromatic rings. The fraction of sp³-hybridized carbons (Fsp3) is 0.333. The third kappa shape index (κ3) is 3.65. The van der Waals surface area contributed by atoms with Gasteiger partial charge in [-0.3, -0.25) is 4.79 Å². The van der Waals surface area contributed by atoms with Gasteiger partial charge in [-0.15, -0.1) is 0 Å². The Hall–Kier alpha value is -1.32. The summed E-state index contributed by atoms with van der Waals surface area (Å²) in [5.74, 6) is -1.55. The minimum absolute atomic E-state index is 0.0157. The van der Waals surface area contributed by atoms with E-state index in [9.17, 15) is 9.59 Å². The van der Waals surface area contributed by atoms with E-state index in [4.69, 9.17) is 10.8 Å². The lowest BCUT2D eigenvalue weighted by atomic mass is 10.2. The molecule has 0 heterocycles. The van der Waals surface area contributed by atoms with Crippen molar-refractivity contribution >= 4 is 11.9 Å². The number of carbonyl (C=O) groups excluding carboxylic acids is 1. The Bertz CT molecular complexity index is 183. The zero-order valence-corrected chi connectivity index (χ0v) is 5.63. The monoisotopic (exact) mass is 143 g/mol. The maximum absolute atomic E-state index is 10.1. The number of carbonyl (C=O) groups is 2. The number of carboxylic acids is 1. The van der Waals surface area contributed by atoms with E-state index in [0.29, 0.717) is 0 Å². The van der Waals surface area contributed by atoms with Crippen LogP contribution in [0.4, 0.5) is 0 Å². The van der Waals surface area contributed by atoms with Gasteiger partial charge in [0.1, 0.15) is 0 Å². The van der Waals surface area contributed by atoms with Crippen LogP contribution in [-0.2, 0) is 9.59 Å². The Kier molecular flexibility index (Phi) is 3.17. The van der Waals surface area contributed by atoms with E-state index in [0.717, 1.165) is 0 Å². The van der Waals surface area contributed by atoms with E-state index < -0.39 is 11.9 Å². The number of amides is 1. The molecular formula is C6H9NO3. The van der Waals surface area contributed by atoms with Gasteiger partial charge in [-0.1, -0.05) is 6.08 Å². The second kappa shape index (κ2) is 3.66. The highest BCUT2D eigenvalue weighted by Gasteiger charge is 1.98. The van der Waals surface area contributed by atoms with Crippen molar-refractivity contribution < 1.29 is 14.7 Å². The van der Waals surface area contributed by atoms with Crippen LogP contribution in [0, 0.1) is 0 Å². The van der Waals surface area contributed by atoms with Crippen LogP contribution in [-0.4, -0.2) is 17.0 Å². The van der Waals surface area contributed by atoms with Gasteiger partial charge in [0, 0.05) is 12.0 Å². The first kappa shape index (κ1) is 8.68. The largest absolute Gasteiger partial charge is 0.478 e. The molecule has 4 heteroatoms. The quantitative estimate of drug-likeness (QED) is 0.541. The van der Waals surface area contributed by atoms with Crippen molar-refractivity contribution in [2.75, 3.05) is 0 Å². The number of primary amides is 1. The fourth-order valence-electron chi connectivity index (χ4n) is 0.341. The van der Waals surface area contributed by atoms with Crippen LogP contribution >= 0.6 is 0 Å². The summed E-state index contributed by atoms with van der Waals surface area (Å²) >= 11 is 0. The molecule has 0 aromatic heterocycles. The van der Waals surface area contributed by atoms with Crippen LogP contribution in [0.15, 0.2) is 11.6 Å². The minimum atomic E-state index is -1.03. The molecule has 0 aliphatic carbocycles. The first-order valence-electron chi connectivity index (χ1n) is 2.72. The molecule has 0 rings (SSSR count). The SMILES string of the molecule is C/C(=C\CC(N)=O)C(=O)O. The first-order valence-corrected chi connectivity index (χ1v) is 2.72. The van der Waals surface area contributed by atoms with E-state index in [1.807, 2.05) is 0 Å². The molecule has 0 unspecified atom stereocenters. The topological polar surface area (TPSA) is 80.4 Å². The summed E-state index contributed by atoms with van der Waals surface area (Å²) in [7, 11) is 0. The highest BCUT2D eigenvalue weighted by molar-refractivity contribution is 5.87. The number of hydrogen-bond donors (Lipinski definition) is 2.